The maximum absolute atomic E-state index is 11.5. The van der Waals surface area contributed by atoms with Crippen LogP contribution in [0.2, 0.25) is 0 Å². The monoisotopic (exact) mass is 292 g/mol. The SMILES string of the molecule is CC(C)(CNC(=O)NCC1(C(=O)O)CC1)S(C)(=O)=O. The molecule has 0 spiro atoms. The second-order valence-corrected chi connectivity index (χ2v) is 8.30. The van der Waals surface area contributed by atoms with E-state index in [-0.39, 0.29) is 13.1 Å². The summed E-state index contributed by atoms with van der Waals surface area (Å²) in [7, 11) is -3.28. The molecule has 0 aromatic carbocycles. The third-order valence-electron chi connectivity index (χ3n) is 3.57. The van der Waals surface area contributed by atoms with Crippen LogP contribution in [-0.2, 0) is 14.6 Å². The first-order valence-corrected chi connectivity index (χ1v) is 7.84. The third kappa shape index (κ3) is 3.82. The molecule has 8 heteroatoms. The zero-order valence-corrected chi connectivity index (χ0v) is 12.1. The molecule has 0 aliphatic heterocycles. The van der Waals surface area contributed by atoms with E-state index in [1.54, 1.807) is 0 Å². The Labute approximate surface area is 112 Å². The molecule has 1 aliphatic carbocycles. The minimum absolute atomic E-state index is 0.0300. The number of carbonyl (C=O) groups is 2. The van der Waals surface area contributed by atoms with Gasteiger partial charge in [-0.15, -0.1) is 0 Å². The number of carboxylic acid groups (broad SMARTS) is 1. The number of nitrogens with one attached hydrogen (secondary N) is 2. The van der Waals surface area contributed by atoms with Gasteiger partial charge in [-0.1, -0.05) is 0 Å². The van der Waals surface area contributed by atoms with Gasteiger partial charge in [-0.25, -0.2) is 13.2 Å². The number of urea groups is 1. The van der Waals surface area contributed by atoms with Crippen LogP contribution >= 0.6 is 0 Å². The Kier molecular flexibility index (Phi) is 4.14. The van der Waals surface area contributed by atoms with E-state index < -0.39 is 32.0 Å². The van der Waals surface area contributed by atoms with Crippen LogP contribution in [0.5, 0.6) is 0 Å². The van der Waals surface area contributed by atoms with Crippen molar-refractivity contribution in [3.63, 3.8) is 0 Å². The Balaban J connectivity index is 2.39. The van der Waals surface area contributed by atoms with Gasteiger partial charge < -0.3 is 15.7 Å². The molecule has 0 bridgehead atoms. The Morgan fingerprint density at radius 3 is 2.16 bits per heavy atom. The van der Waals surface area contributed by atoms with Gasteiger partial charge in [0.25, 0.3) is 0 Å². The molecule has 2 amide bonds. The lowest BCUT2D eigenvalue weighted by Gasteiger charge is -2.23. The number of amides is 2. The smallest absolute Gasteiger partial charge is 0.314 e. The van der Waals surface area contributed by atoms with Crippen molar-refractivity contribution < 1.29 is 23.1 Å². The summed E-state index contributed by atoms with van der Waals surface area (Å²) in [6.45, 7) is 3.07. The fourth-order valence-corrected chi connectivity index (χ4v) is 1.69. The lowest BCUT2D eigenvalue weighted by atomic mass is 10.1. The molecule has 0 radical (unpaired) electrons. The van der Waals surface area contributed by atoms with E-state index in [1.807, 2.05) is 0 Å². The van der Waals surface area contributed by atoms with Gasteiger partial charge in [0.1, 0.15) is 0 Å². The molecule has 1 aliphatic rings. The Morgan fingerprint density at radius 1 is 1.26 bits per heavy atom. The second-order valence-electron chi connectivity index (χ2n) is 5.65. The van der Waals surface area contributed by atoms with Gasteiger partial charge in [0.05, 0.1) is 10.2 Å². The highest BCUT2D eigenvalue weighted by Crippen LogP contribution is 2.45. The zero-order valence-electron chi connectivity index (χ0n) is 11.3. The highest BCUT2D eigenvalue weighted by molar-refractivity contribution is 7.92. The first-order valence-electron chi connectivity index (χ1n) is 5.95. The van der Waals surface area contributed by atoms with Gasteiger partial charge in [0, 0.05) is 19.3 Å². The largest absolute Gasteiger partial charge is 0.481 e. The summed E-state index contributed by atoms with van der Waals surface area (Å²) in [5.74, 6) is -0.913. The average Bonchev–Trinajstić information content (AvgIpc) is 3.03. The summed E-state index contributed by atoms with van der Waals surface area (Å²) in [6.07, 6.45) is 2.21. The lowest BCUT2D eigenvalue weighted by Crippen LogP contribution is -2.48. The van der Waals surface area contributed by atoms with Crippen LogP contribution in [0.3, 0.4) is 0 Å². The summed E-state index contributed by atoms with van der Waals surface area (Å²) in [5.41, 5.74) is -0.830. The Hall–Kier alpha value is -1.31. The maximum Gasteiger partial charge on any atom is 0.314 e. The molecular weight excluding hydrogens is 272 g/mol. The molecular formula is C11H20N2O5S. The van der Waals surface area contributed by atoms with E-state index in [4.69, 9.17) is 5.11 Å². The van der Waals surface area contributed by atoms with E-state index in [2.05, 4.69) is 10.6 Å². The predicted octanol–water partition coefficient (Wildman–Crippen LogP) is -0.0264. The molecule has 0 saturated heterocycles. The van der Waals surface area contributed by atoms with Crippen molar-refractivity contribution in [3.8, 4) is 0 Å². The second kappa shape index (κ2) is 4.99. The number of hydrogen-bond acceptors (Lipinski definition) is 4. The molecule has 1 saturated carbocycles. The molecule has 1 rings (SSSR count). The molecule has 110 valence electrons. The minimum Gasteiger partial charge on any atom is -0.481 e. The number of rotatable bonds is 6. The average molecular weight is 292 g/mol. The van der Waals surface area contributed by atoms with Gasteiger partial charge in [-0.3, -0.25) is 4.79 Å². The topological polar surface area (TPSA) is 113 Å². The Morgan fingerprint density at radius 2 is 1.79 bits per heavy atom. The van der Waals surface area contributed by atoms with E-state index in [9.17, 15) is 18.0 Å². The Bertz CT molecular complexity index is 479. The van der Waals surface area contributed by atoms with Crippen molar-refractivity contribution in [2.75, 3.05) is 19.3 Å². The van der Waals surface area contributed by atoms with Crippen LogP contribution in [0, 0.1) is 5.41 Å². The van der Waals surface area contributed by atoms with Crippen LogP contribution < -0.4 is 10.6 Å². The molecule has 7 nitrogen and oxygen atoms in total. The van der Waals surface area contributed by atoms with Gasteiger partial charge in [-0.05, 0) is 26.7 Å². The highest BCUT2D eigenvalue weighted by Gasteiger charge is 2.50. The summed E-state index contributed by atoms with van der Waals surface area (Å²) in [5, 5.41) is 13.8. The summed E-state index contributed by atoms with van der Waals surface area (Å²) >= 11 is 0. The van der Waals surface area contributed by atoms with E-state index in [1.165, 1.54) is 13.8 Å². The quantitative estimate of drug-likeness (QED) is 0.636. The lowest BCUT2D eigenvalue weighted by molar-refractivity contribution is -0.143. The molecule has 0 aromatic rings. The van der Waals surface area contributed by atoms with Crippen molar-refractivity contribution in [2.24, 2.45) is 5.41 Å². The molecule has 0 unspecified atom stereocenters. The van der Waals surface area contributed by atoms with Gasteiger partial charge in [-0.2, -0.15) is 0 Å². The zero-order chi connectivity index (χ0) is 14.9. The van der Waals surface area contributed by atoms with Crippen molar-refractivity contribution in [2.45, 2.75) is 31.4 Å². The van der Waals surface area contributed by atoms with Crippen LogP contribution in [0.15, 0.2) is 0 Å². The standard InChI is InChI=1S/C11H20N2O5S/c1-10(2,19(3,17)18)6-12-9(16)13-7-11(4-5-11)8(14)15/h4-7H2,1-3H3,(H,14,15)(H2,12,13,16). The number of carbonyl (C=O) groups excluding carboxylic acids is 1. The number of hydrogen-bond donors (Lipinski definition) is 3. The maximum atomic E-state index is 11.5. The van der Waals surface area contributed by atoms with Crippen molar-refractivity contribution >= 4 is 21.8 Å². The van der Waals surface area contributed by atoms with E-state index in [0.717, 1.165) is 6.26 Å². The number of aliphatic carboxylic acids is 1. The highest BCUT2D eigenvalue weighted by atomic mass is 32.2. The molecule has 0 heterocycles. The normalized spacial score (nSPS) is 17.6. The predicted molar refractivity (Wildman–Crippen MR) is 69.6 cm³/mol. The summed E-state index contributed by atoms with van der Waals surface area (Å²) in [4.78, 5) is 22.4. The van der Waals surface area contributed by atoms with Crippen LogP contribution in [0.25, 0.3) is 0 Å². The first-order chi connectivity index (χ1) is 8.50. The van der Waals surface area contributed by atoms with Crippen LogP contribution in [-0.4, -0.2) is 49.6 Å². The number of carboxylic acids is 1. The summed E-state index contributed by atoms with van der Waals surface area (Å²) in [6, 6.07) is -0.552. The van der Waals surface area contributed by atoms with Crippen molar-refractivity contribution in [1.29, 1.82) is 0 Å². The molecule has 0 aromatic heterocycles. The number of sulfone groups is 1. The molecule has 1 fully saturated rings. The van der Waals surface area contributed by atoms with Gasteiger partial charge >= 0.3 is 12.0 Å². The first kappa shape index (κ1) is 15.7. The van der Waals surface area contributed by atoms with Crippen molar-refractivity contribution in [1.82, 2.24) is 10.6 Å². The van der Waals surface area contributed by atoms with Gasteiger partial charge in [0.2, 0.25) is 0 Å². The fraction of sp³-hybridized carbons (Fsp3) is 0.818. The molecule has 19 heavy (non-hydrogen) atoms. The third-order valence-corrected chi connectivity index (χ3v) is 5.72. The van der Waals surface area contributed by atoms with Gasteiger partial charge in [0.15, 0.2) is 9.84 Å². The van der Waals surface area contributed by atoms with Crippen LogP contribution in [0.4, 0.5) is 4.79 Å². The van der Waals surface area contributed by atoms with Crippen LogP contribution in [0.1, 0.15) is 26.7 Å². The van der Waals surface area contributed by atoms with E-state index in [0.29, 0.717) is 12.8 Å². The fourth-order valence-electron chi connectivity index (χ4n) is 1.35. The van der Waals surface area contributed by atoms with E-state index >= 15 is 0 Å². The minimum atomic E-state index is -3.28. The van der Waals surface area contributed by atoms with Crippen molar-refractivity contribution in [3.05, 3.63) is 0 Å². The molecule has 3 N–H and O–H groups in total. The summed E-state index contributed by atoms with van der Waals surface area (Å²) < 4.78 is 21.8. The molecule has 0 atom stereocenters.